The summed E-state index contributed by atoms with van der Waals surface area (Å²) in [5, 5.41) is 4.13. The van der Waals surface area contributed by atoms with Gasteiger partial charge in [-0.25, -0.2) is 4.79 Å². The van der Waals surface area contributed by atoms with Gasteiger partial charge in [-0.15, -0.1) is 0 Å². The SMILES string of the molecule is CN(C)C.CSNc1ccc(-c2ccc3ncc4c(c3c2)N(C2CCC(C)CC2)C(=O)NC4)cc1. The van der Waals surface area contributed by atoms with E-state index in [-0.39, 0.29) is 12.1 Å². The summed E-state index contributed by atoms with van der Waals surface area (Å²) in [6.45, 7) is 2.85. The average molecular weight is 492 g/mol. The van der Waals surface area contributed by atoms with Gasteiger partial charge in [-0.2, -0.15) is 0 Å². The number of urea groups is 1. The number of hydrogen-bond donors (Lipinski definition) is 2. The van der Waals surface area contributed by atoms with E-state index in [1.165, 1.54) is 12.8 Å². The first kappa shape index (κ1) is 25.3. The predicted octanol–water partition coefficient (Wildman–Crippen LogP) is 6.38. The summed E-state index contributed by atoms with van der Waals surface area (Å²) in [5.41, 5.74) is 6.47. The molecule has 5 rings (SSSR count). The molecule has 2 amide bonds. The zero-order chi connectivity index (χ0) is 24.9. The van der Waals surface area contributed by atoms with Crippen molar-refractivity contribution in [1.82, 2.24) is 15.2 Å². The molecule has 2 N–H and O–H groups in total. The molecule has 0 spiro atoms. The molecule has 1 aliphatic heterocycles. The Morgan fingerprint density at radius 3 is 2.34 bits per heavy atom. The Morgan fingerprint density at radius 1 is 1.03 bits per heavy atom. The van der Waals surface area contributed by atoms with Gasteiger partial charge in [0.25, 0.3) is 0 Å². The lowest BCUT2D eigenvalue weighted by Crippen LogP contribution is -2.50. The molecule has 2 heterocycles. The molecule has 2 aromatic carbocycles. The van der Waals surface area contributed by atoms with Gasteiger partial charge < -0.3 is 14.9 Å². The fourth-order valence-corrected chi connectivity index (χ4v) is 5.24. The molecule has 0 unspecified atom stereocenters. The van der Waals surface area contributed by atoms with Crippen LogP contribution in [0.3, 0.4) is 0 Å². The fourth-order valence-electron chi connectivity index (χ4n) is 4.87. The Balaban J connectivity index is 0.000000672. The van der Waals surface area contributed by atoms with E-state index in [2.05, 4.69) is 59.4 Å². The van der Waals surface area contributed by atoms with Crippen LogP contribution in [0.4, 0.5) is 16.2 Å². The average Bonchev–Trinajstić information content (AvgIpc) is 2.85. The Hall–Kier alpha value is -2.77. The molecule has 1 saturated carbocycles. The van der Waals surface area contributed by atoms with Gasteiger partial charge in [0.2, 0.25) is 0 Å². The molecule has 0 radical (unpaired) electrons. The number of amides is 2. The first-order valence-electron chi connectivity index (χ1n) is 12.4. The molecule has 1 fully saturated rings. The summed E-state index contributed by atoms with van der Waals surface area (Å²) in [6.07, 6.45) is 8.41. The largest absolute Gasteiger partial charge is 0.333 e. The number of rotatable bonds is 4. The predicted molar refractivity (Wildman–Crippen MR) is 150 cm³/mol. The molecule has 35 heavy (non-hydrogen) atoms. The summed E-state index contributed by atoms with van der Waals surface area (Å²) >= 11 is 1.59. The second-order valence-electron chi connectivity index (χ2n) is 10.0. The second-order valence-corrected chi connectivity index (χ2v) is 10.6. The molecule has 1 aromatic heterocycles. The number of pyridine rings is 1. The quantitative estimate of drug-likeness (QED) is 0.415. The maximum absolute atomic E-state index is 13.0. The highest BCUT2D eigenvalue weighted by Crippen LogP contribution is 2.39. The number of nitrogens with one attached hydrogen (secondary N) is 2. The lowest BCUT2D eigenvalue weighted by Gasteiger charge is -2.39. The summed E-state index contributed by atoms with van der Waals surface area (Å²) in [4.78, 5) is 21.7. The molecular weight excluding hydrogens is 454 g/mol. The van der Waals surface area contributed by atoms with Crippen LogP contribution in [-0.2, 0) is 6.54 Å². The number of anilines is 2. The highest BCUT2D eigenvalue weighted by Gasteiger charge is 2.34. The minimum atomic E-state index is 0.0254. The van der Waals surface area contributed by atoms with Crippen molar-refractivity contribution in [1.29, 1.82) is 0 Å². The number of aromatic nitrogens is 1. The molecule has 2 aliphatic rings. The Labute approximate surface area is 213 Å². The normalized spacial score (nSPS) is 19.6. The number of carbonyl (C=O) groups is 1. The van der Waals surface area contributed by atoms with E-state index in [4.69, 9.17) is 4.98 Å². The van der Waals surface area contributed by atoms with E-state index in [0.717, 1.165) is 57.7 Å². The second kappa shape index (κ2) is 11.3. The highest BCUT2D eigenvalue weighted by atomic mass is 32.2. The van der Waals surface area contributed by atoms with Gasteiger partial charge in [0.15, 0.2) is 0 Å². The minimum Gasteiger partial charge on any atom is -0.333 e. The van der Waals surface area contributed by atoms with Gasteiger partial charge >= 0.3 is 6.03 Å². The Bertz CT molecular complexity index is 1150. The van der Waals surface area contributed by atoms with Crippen LogP contribution in [0.1, 0.15) is 38.2 Å². The van der Waals surface area contributed by atoms with Crippen molar-refractivity contribution in [3.8, 4) is 11.1 Å². The van der Waals surface area contributed by atoms with Gasteiger partial charge in [0, 0.05) is 41.7 Å². The van der Waals surface area contributed by atoms with Crippen LogP contribution in [0, 0.1) is 5.92 Å². The summed E-state index contributed by atoms with van der Waals surface area (Å²) in [7, 11) is 6.00. The maximum atomic E-state index is 13.0. The third-order valence-corrected chi connectivity index (χ3v) is 7.03. The van der Waals surface area contributed by atoms with E-state index in [1.807, 2.05) is 43.4 Å². The topological polar surface area (TPSA) is 60.5 Å². The molecule has 0 bridgehead atoms. The first-order chi connectivity index (χ1) is 16.9. The van der Waals surface area contributed by atoms with Gasteiger partial charge in [0.05, 0.1) is 11.2 Å². The van der Waals surface area contributed by atoms with Gasteiger partial charge in [-0.1, -0.05) is 37.1 Å². The molecule has 0 atom stereocenters. The third-order valence-electron chi connectivity index (χ3n) is 6.59. The van der Waals surface area contributed by atoms with Crippen LogP contribution in [0.2, 0.25) is 0 Å². The summed E-state index contributed by atoms with van der Waals surface area (Å²) in [5.74, 6) is 0.743. The van der Waals surface area contributed by atoms with Crippen LogP contribution in [0.5, 0.6) is 0 Å². The first-order valence-corrected chi connectivity index (χ1v) is 13.6. The zero-order valence-electron chi connectivity index (χ0n) is 21.5. The minimum absolute atomic E-state index is 0.0254. The number of fused-ring (bicyclic) bond motifs is 3. The van der Waals surface area contributed by atoms with Crippen molar-refractivity contribution in [2.75, 3.05) is 37.0 Å². The van der Waals surface area contributed by atoms with Crippen molar-refractivity contribution in [2.45, 2.75) is 45.2 Å². The zero-order valence-corrected chi connectivity index (χ0v) is 22.3. The molecule has 186 valence electrons. The molecular formula is C28H37N5OS. The summed E-state index contributed by atoms with van der Waals surface area (Å²) in [6, 6.07) is 15.1. The highest BCUT2D eigenvalue weighted by molar-refractivity contribution is 7.99. The van der Waals surface area contributed by atoms with E-state index >= 15 is 0 Å². The lowest BCUT2D eigenvalue weighted by molar-refractivity contribution is 0.236. The number of benzene rings is 2. The smallest absolute Gasteiger partial charge is 0.322 e. The Morgan fingerprint density at radius 2 is 1.69 bits per heavy atom. The van der Waals surface area contributed by atoms with Crippen molar-refractivity contribution in [3.63, 3.8) is 0 Å². The monoisotopic (exact) mass is 491 g/mol. The molecule has 3 aromatic rings. The molecule has 7 heteroatoms. The Kier molecular flexibility index (Phi) is 8.19. The number of carbonyl (C=O) groups excluding carboxylic acids is 1. The van der Waals surface area contributed by atoms with E-state index in [1.54, 1.807) is 11.9 Å². The van der Waals surface area contributed by atoms with Crippen LogP contribution in [0.15, 0.2) is 48.7 Å². The summed E-state index contributed by atoms with van der Waals surface area (Å²) < 4.78 is 3.26. The van der Waals surface area contributed by atoms with Gasteiger partial charge in [-0.3, -0.25) is 9.88 Å². The van der Waals surface area contributed by atoms with Crippen molar-refractivity contribution in [2.24, 2.45) is 5.92 Å². The maximum Gasteiger partial charge on any atom is 0.322 e. The third kappa shape index (κ3) is 5.90. The van der Waals surface area contributed by atoms with E-state index < -0.39 is 0 Å². The lowest BCUT2D eigenvalue weighted by atomic mass is 9.86. The fraction of sp³-hybridized carbons (Fsp3) is 0.429. The molecule has 6 nitrogen and oxygen atoms in total. The number of hydrogen-bond acceptors (Lipinski definition) is 5. The molecule has 0 saturated heterocycles. The van der Waals surface area contributed by atoms with Crippen molar-refractivity contribution >= 4 is 40.3 Å². The van der Waals surface area contributed by atoms with Crippen molar-refractivity contribution in [3.05, 3.63) is 54.2 Å². The van der Waals surface area contributed by atoms with Crippen molar-refractivity contribution < 1.29 is 4.79 Å². The molecule has 1 aliphatic carbocycles. The van der Waals surface area contributed by atoms with Crippen LogP contribution in [0.25, 0.3) is 22.0 Å². The van der Waals surface area contributed by atoms with Gasteiger partial charge in [-0.05, 0) is 88.1 Å². The number of nitrogens with zero attached hydrogens (tertiary/aromatic N) is 3. The van der Waals surface area contributed by atoms with Crippen LogP contribution in [-0.4, -0.2) is 49.4 Å². The van der Waals surface area contributed by atoms with E-state index in [9.17, 15) is 4.79 Å². The standard InChI is InChI=1S/C25H28N4OS.C3H9N/c1-16-3-10-21(11-4-16)29-24-19(15-27-25(29)30)14-26-23-12-7-18(13-22(23)24)17-5-8-20(9-6-17)28-31-2;1-4(2)3/h5-9,12-14,16,21,28H,3-4,10-11,15H2,1-2H3,(H,27,30);1-3H3. The van der Waals surface area contributed by atoms with Gasteiger partial charge in [0.1, 0.15) is 0 Å². The van der Waals surface area contributed by atoms with E-state index in [0.29, 0.717) is 6.54 Å². The van der Waals surface area contributed by atoms with Crippen LogP contribution >= 0.6 is 11.9 Å². The van der Waals surface area contributed by atoms with Crippen LogP contribution < -0.4 is 14.9 Å².